The van der Waals surface area contributed by atoms with Crippen LogP contribution in [0.4, 0.5) is 11.4 Å². The van der Waals surface area contributed by atoms with Crippen molar-refractivity contribution in [1.82, 2.24) is 9.80 Å². The number of piperazine rings is 1. The summed E-state index contributed by atoms with van der Waals surface area (Å²) in [5, 5.41) is 5.46. The van der Waals surface area contributed by atoms with Gasteiger partial charge in [-0.15, -0.1) is 0 Å². The van der Waals surface area contributed by atoms with Crippen LogP contribution in [0.15, 0.2) is 24.3 Å². The van der Waals surface area contributed by atoms with Gasteiger partial charge in [0.25, 0.3) is 0 Å². The Bertz CT molecular complexity index is 719. The lowest BCUT2D eigenvalue weighted by Gasteiger charge is -2.34. The second kappa shape index (κ2) is 7.15. The minimum absolute atomic E-state index is 0.157. The van der Waals surface area contributed by atoms with E-state index in [1.165, 1.54) is 6.92 Å². The molecule has 1 aromatic rings. The van der Waals surface area contributed by atoms with Gasteiger partial charge in [-0.3, -0.25) is 19.2 Å². The van der Waals surface area contributed by atoms with Gasteiger partial charge < -0.3 is 20.4 Å². The number of anilines is 2. The summed E-state index contributed by atoms with van der Waals surface area (Å²) in [5.74, 6) is -0.623. The third kappa shape index (κ3) is 3.68. The van der Waals surface area contributed by atoms with Gasteiger partial charge in [0.15, 0.2) is 0 Å². The maximum atomic E-state index is 12.8. The van der Waals surface area contributed by atoms with Crippen LogP contribution in [0.1, 0.15) is 19.8 Å². The normalized spacial score (nSPS) is 18.0. The first-order chi connectivity index (χ1) is 12.4. The van der Waals surface area contributed by atoms with Crippen LogP contribution in [0.2, 0.25) is 0 Å². The van der Waals surface area contributed by atoms with E-state index in [0.29, 0.717) is 50.4 Å². The summed E-state index contributed by atoms with van der Waals surface area (Å²) in [4.78, 5) is 50.6. The van der Waals surface area contributed by atoms with Gasteiger partial charge in [-0.2, -0.15) is 0 Å². The lowest BCUT2D eigenvalue weighted by Crippen LogP contribution is -2.52. The summed E-state index contributed by atoms with van der Waals surface area (Å²) in [7, 11) is 0. The number of nitrogens with zero attached hydrogens (tertiary/aromatic N) is 2. The third-order valence-electron chi connectivity index (χ3n) is 4.81. The maximum absolute atomic E-state index is 12.8. The largest absolute Gasteiger partial charge is 0.342 e. The van der Waals surface area contributed by atoms with Gasteiger partial charge in [0.05, 0.1) is 0 Å². The van der Waals surface area contributed by atoms with E-state index in [4.69, 9.17) is 0 Å². The van der Waals surface area contributed by atoms with Crippen LogP contribution < -0.4 is 10.6 Å². The van der Waals surface area contributed by atoms with Crippen LogP contribution in [-0.2, 0) is 19.2 Å². The molecule has 1 aromatic carbocycles. The number of carbonyl (C=O) groups is 4. The molecule has 0 spiro atoms. The Morgan fingerprint density at radius 2 is 1.50 bits per heavy atom. The van der Waals surface area contributed by atoms with E-state index < -0.39 is 5.41 Å². The van der Waals surface area contributed by atoms with Crippen LogP contribution in [0.25, 0.3) is 0 Å². The fourth-order valence-electron chi connectivity index (χ4n) is 3.09. The topological polar surface area (TPSA) is 98.8 Å². The minimum atomic E-state index is -0.986. The molecule has 1 heterocycles. The van der Waals surface area contributed by atoms with Gasteiger partial charge in [-0.05, 0) is 37.1 Å². The van der Waals surface area contributed by atoms with Crippen molar-refractivity contribution in [2.75, 3.05) is 36.8 Å². The average Bonchev–Trinajstić information content (AvgIpc) is 3.44. The highest BCUT2D eigenvalue weighted by Crippen LogP contribution is 2.48. The number of benzene rings is 1. The van der Waals surface area contributed by atoms with E-state index in [2.05, 4.69) is 10.6 Å². The first-order valence-electron chi connectivity index (χ1n) is 8.62. The van der Waals surface area contributed by atoms with Crippen molar-refractivity contribution in [1.29, 1.82) is 0 Å². The quantitative estimate of drug-likeness (QED) is 0.597. The van der Waals surface area contributed by atoms with Crippen LogP contribution >= 0.6 is 0 Å². The summed E-state index contributed by atoms with van der Waals surface area (Å²) in [6.45, 7) is 3.33. The Labute approximate surface area is 151 Å². The van der Waals surface area contributed by atoms with Crippen LogP contribution in [-0.4, -0.2) is 60.1 Å². The minimum Gasteiger partial charge on any atom is -0.342 e. The molecule has 8 heteroatoms. The van der Waals surface area contributed by atoms with E-state index in [9.17, 15) is 19.2 Å². The van der Waals surface area contributed by atoms with Gasteiger partial charge in [0.1, 0.15) is 5.41 Å². The van der Waals surface area contributed by atoms with E-state index in [1.807, 2.05) is 0 Å². The first-order valence-corrected chi connectivity index (χ1v) is 8.62. The number of carbonyl (C=O) groups excluding carboxylic acids is 4. The fraction of sp³-hybridized carbons (Fsp3) is 0.444. The number of rotatable bonds is 5. The lowest BCUT2D eigenvalue weighted by molar-refractivity contribution is -0.144. The monoisotopic (exact) mass is 358 g/mol. The Hall–Kier alpha value is -2.90. The molecule has 4 amide bonds. The van der Waals surface area contributed by atoms with E-state index in [1.54, 1.807) is 34.1 Å². The molecular weight excluding hydrogens is 336 g/mol. The molecule has 1 aliphatic carbocycles. The summed E-state index contributed by atoms with van der Waals surface area (Å²) in [5.41, 5.74) is 0.231. The van der Waals surface area contributed by atoms with Crippen molar-refractivity contribution in [2.24, 2.45) is 5.41 Å². The molecule has 1 saturated carbocycles. The molecule has 0 unspecified atom stereocenters. The number of amides is 4. The highest BCUT2D eigenvalue weighted by Gasteiger charge is 2.58. The van der Waals surface area contributed by atoms with Crippen molar-refractivity contribution in [3.05, 3.63) is 24.3 Å². The Morgan fingerprint density at radius 1 is 0.962 bits per heavy atom. The van der Waals surface area contributed by atoms with Crippen molar-refractivity contribution in [3.8, 4) is 0 Å². The molecule has 8 nitrogen and oxygen atoms in total. The molecule has 3 rings (SSSR count). The lowest BCUT2D eigenvalue weighted by atomic mass is 10.0. The highest BCUT2D eigenvalue weighted by molar-refractivity contribution is 6.13. The second-order valence-electron chi connectivity index (χ2n) is 6.73. The standard InChI is InChI=1S/C18H22N4O4/c1-13(24)19-14-2-4-15(5-3-14)20-16(25)18(6-7-18)17(26)22-10-8-21(12-23)9-11-22/h2-5,12H,6-11H2,1H3,(H,19,24)(H,20,25). The SMILES string of the molecule is CC(=O)Nc1ccc(NC(=O)C2(C(=O)N3CCN(C=O)CC3)CC2)cc1. The maximum Gasteiger partial charge on any atom is 0.240 e. The predicted octanol–water partition coefficient (Wildman–Crippen LogP) is 0.664. The van der Waals surface area contributed by atoms with E-state index >= 15 is 0 Å². The predicted molar refractivity (Wildman–Crippen MR) is 95.3 cm³/mol. The summed E-state index contributed by atoms with van der Waals surface area (Å²) in [6.07, 6.45) is 1.86. The number of hydrogen-bond acceptors (Lipinski definition) is 4. The van der Waals surface area contributed by atoms with Gasteiger partial charge in [-0.25, -0.2) is 0 Å². The Morgan fingerprint density at radius 3 is 1.96 bits per heavy atom. The molecule has 0 aromatic heterocycles. The summed E-state index contributed by atoms with van der Waals surface area (Å²) in [6, 6.07) is 6.76. The van der Waals surface area contributed by atoms with Crippen molar-refractivity contribution >= 4 is 35.5 Å². The molecule has 1 aliphatic heterocycles. The second-order valence-corrected chi connectivity index (χ2v) is 6.73. The summed E-state index contributed by atoms with van der Waals surface area (Å²) >= 11 is 0. The molecule has 2 N–H and O–H groups in total. The van der Waals surface area contributed by atoms with Gasteiger partial charge >= 0.3 is 0 Å². The smallest absolute Gasteiger partial charge is 0.240 e. The molecule has 2 aliphatic rings. The van der Waals surface area contributed by atoms with Gasteiger partial charge in [0, 0.05) is 44.5 Å². The highest BCUT2D eigenvalue weighted by atomic mass is 16.2. The molecule has 2 fully saturated rings. The Kier molecular flexibility index (Phi) is 4.92. The van der Waals surface area contributed by atoms with E-state index in [-0.39, 0.29) is 17.7 Å². The molecule has 1 saturated heterocycles. The molecular formula is C18H22N4O4. The van der Waals surface area contributed by atoms with Crippen LogP contribution in [0, 0.1) is 5.41 Å². The van der Waals surface area contributed by atoms with Crippen molar-refractivity contribution < 1.29 is 19.2 Å². The summed E-state index contributed by atoms with van der Waals surface area (Å²) < 4.78 is 0. The third-order valence-corrected chi connectivity index (χ3v) is 4.81. The van der Waals surface area contributed by atoms with Gasteiger partial charge in [-0.1, -0.05) is 0 Å². The molecule has 0 atom stereocenters. The molecule has 0 bridgehead atoms. The van der Waals surface area contributed by atoms with E-state index in [0.717, 1.165) is 6.41 Å². The molecule has 26 heavy (non-hydrogen) atoms. The van der Waals surface area contributed by atoms with Crippen LogP contribution in [0.3, 0.4) is 0 Å². The fourth-order valence-corrected chi connectivity index (χ4v) is 3.09. The first kappa shape index (κ1) is 17.9. The zero-order chi connectivity index (χ0) is 18.7. The number of nitrogens with one attached hydrogen (secondary N) is 2. The van der Waals surface area contributed by atoms with Crippen molar-refractivity contribution in [3.63, 3.8) is 0 Å². The molecule has 138 valence electrons. The Balaban J connectivity index is 1.61. The number of hydrogen-bond donors (Lipinski definition) is 2. The zero-order valence-corrected chi connectivity index (χ0v) is 14.7. The average molecular weight is 358 g/mol. The van der Waals surface area contributed by atoms with Crippen LogP contribution in [0.5, 0.6) is 0 Å². The zero-order valence-electron chi connectivity index (χ0n) is 14.7. The van der Waals surface area contributed by atoms with Crippen molar-refractivity contribution in [2.45, 2.75) is 19.8 Å². The molecule has 0 radical (unpaired) electrons. The van der Waals surface area contributed by atoms with Gasteiger partial charge in [0.2, 0.25) is 24.1 Å².